The third-order valence-electron chi connectivity index (χ3n) is 4.77. The van der Waals surface area contributed by atoms with E-state index in [9.17, 15) is 0 Å². The predicted molar refractivity (Wildman–Crippen MR) is 132 cm³/mol. The molecule has 1 atom stereocenters. The summed E-state index contributed by atoms with van der Waals surface area (Å²) in [5.74, 6) is 1.50. The molecule has 1 aliphatic heterocycles. The van der Waals surface area contributed by atoms with Crippen molar-refractivity contribution in [1.82, 2.24) is 20.5 Å². The number of aromatic nitrogens is 1. The van der Waals surface area contributed by atoms with Gasteiger partial charge < -0.3 is 15.4 Å². The number of halogens is 1. The van der Waals surface area contributed by atoms with Crippen molar-refractivity contribution in [2.45, 2.75) is 39.3 Å². The van der Waals surface area contributed by atoms with Crippen LogP contribution in [0.4, 0.5) is 0 Å². The Bertz CT molecular complexity index is 734. The molecule has 0 amide bonds. The summed E-state index contributed by atoms with van der Waals surface area (Å²) < 4.78 is 5.48. The van der Waals surface area contributed by atoms with E-state index in [1.54, 1.807) is 6.20 Å². The van der Waals surface area contributed by atoms with Crippen molar-refractivity contribution in [2.24, 2.45) is 4.99 Å². The fourth-order valence-electron chi connectivity index (χ4n) is 3.42. The lowest BCUT2D eigenvalue weighted by molar-refractivity contribution is 0.249. The largest absolute Gasteiger partial charge is 0.478 e. The quantitative estimate of drug-likeness (QED) is 0.292. The number of hydrogen-bond donors (Lipinski definition) is 2. The second kappa shape index (κ2) is 13.0. The third kappa shape index (κ3) is 7.42. The molecule has 3 heterocycles. The van der Waals surface area contributed by atoms with Crippen molar-refractivity contribution in [3.05, 3.63) is 46.3 Å². The topological polar surface area (TPSA) is 61.8 Å². The lowest BCUT2D eigenvalue weighted by atomic mass is 10.2. The minimum atomic E-state index is 0. The first-order valence-corrected chi connectivity index (χ1v) is 11.1. The number of guanidine groups is 1. The summed E-state index contributed by atoms with van der Waals surface area (Å²) in [6, 6.07) is 8.72. The zero-order valence-electron chi connectivity index (χ0n) is 17.3. The number of thiophene rings is 1. The molecular weight excluding hydrogens is 497 g/mol. The first kappa shape index (κ1) is 23.9. The SMILES string of the molecule is CCNC(=NCc1ccnc(OCC)c1)NCC(c1cccs1)N1CCCC1.I. The van der Waals surface area contributed by atoms with Crippen LogP contribution in [0.3, 0.4) is 0 Å². The van der Waals surface area contributed by atoms with Gasteiger partial charge in [-0.25, -0.2) is 9.98 Å². The first-order valence-electron chi connectivity index (χ1n) is 10.2. The van der Waals surface area contributed by atoms with Crippen molar-refractivity contribution in [3.8, 4) is 5.88 Å². The van der Waals surface area contributed by atoms with Crippen LogP contribution in [0.5, 0.6) is 5.88 Å². The van der Waals surface area contributed by atoms with Crippen molar-refractivity contribution in [3.63, 3.8) is 0 Å². The zero-order valence-corrected chi connectivity index (χ0v) is 20.4. The molecule has 1 fully saturated rings. The standard InChI is InChI=1S/C21H31N5OS.HI/c1-3-22-21(24-15-17-9-10-23-20(14-17)27-4-2)25-16-18(19-8-7-13-28-19)26-11-5-6-12-26;/h7-10,13-14,18H,3-6,11-12,15-16H2,1-2H3,(H2,22,24,25);1H. The van der Waals surface area contributed by atoms with E-state index in [0.29, 0.717) is 25.1 Å². The summed E-state index contributed by atoms with van der Waals surface area (Å²) in [7, 11) is 0. The monoisotopic (exact) mass is 529 g/mol. The van der Waals surface area contributed by atoms with Gasteiger partial charge in [-0.1, -0.05) is 6.07 Å². The highest BCUT2D eigenvalue weighted by Crippen LogP contribution is 2.27. The molecule has 1 saturated heterocycles. The average Bonchev–Trinajstić information content (AvgIpc) is 3.41. The van der Waals surface area contributed by atoms with E-state index in [2.05, 4.69) is 45.0 Å². The van der Waals surface area contributed by atoms with E-state index in [1.807, 2.05) is 30.4 Å². The third-order valence-corrected chi connectivity index (χ3v) is 5.74. The van der Waals surface area contributed by atoms with Gasteiger partial charge in [-0.15, -0.1) is 35.3 Å². The molecule has 1 unspecified atom stereocenters. The van der Waals surface area contributed by atoms with Gasteiger partial charge in [0.1, 0.15) is 0 Å². The van der Waals surface area contributed by atoms with Gasteiger partial charge in [-0.05, 0) is 62.9 Å². The van der Waals surface area contributed by atoms with Gasteiger partial charge in [0.2, 0.25) is 5.88 Å². The maximum Gasteiger partial charge on any atom is 0.213 e. The Hall–Kier alpha value is -1.39. The molecule has 6 nitrogen and oxygen atoms in total. The van der Waals surface area contributed by atoms with Gasteiger partial charge in [0.05, 0.1) is 19.2 Å². The maximum absolute atomic E-state index is 5.48. The summed E-state index contributed by atoms with van der Waals surface area (Å²) in [4.78, 5) is 13.0. The molecule has 0 saturated carbocycles. The Morgan fingerprint density at radius 1 is 1.28 bits per heavy atom. The highest BCUT2D eigenvalue weighted by molar-refractivity contribution is 14.0. The summed E-state index contributed by atoms with van der Waals surface area (Å²) in [6.45, 7) is 9.30. The molecule has 2 N–H and O–H groups in total. The zero-order chi connectivity index (χ0) is 19.6. The molecule has 0 aromatic carbocycles. The second-order valence-corrected chi connectivity index (χ2v) is 7.76. The molecular formula is C21H32IN5OS. The Morgan fingerprint density at radius 3 is 2.79 bits per heavy atom. The second-order valence-electron chi connectivity index (χ2n) is 6.79. The van der Waals surface area contributed by atoms with E-state index in [-0.39, 0.29) is 24.0 Å². The van der Waals surface area contributed by atoms with E-state index >= 15 is 0 Å². The van der Waals surface area contributed by atoms with Crippen molar-refractivity contribution in [2.75, 3.05) is 32.8 Å². The maximum atomic E-state index is 5.48. The summed E-state index contributed by atoms with van der Waals surface area (Å²) in [5.41, 5.74) is 1.09. The van der Waals surface area contributed by atoms with Crippen LogP contribution in [0, 0.1) is 0 Å². The van der Waals surface area contributed by atoms with Crippen molar-refractivity contribution in [1.29, 1.82) is 0 Å². The van der Waals surface area contributed by atoms with Crippen molar-refractivity contribution < 1.29 is 4.74 Å². The minimum absolute atomic E-state index is 0. The van der Waals surface area contributed by atoms with E-state index in [0.717, 1.165) is 24.6 Å². The van der Waals surface area contributed by atoms with Crippen LogP contribution in [0.25, 0.3) is 0 Å². The lowest BCUT2D eigenvalue weighted by Gasteiger charge is -2.27. The normalized spacial score (nSPS) is 15.6. The van der Waals surface area contributed by atoms with E-state index < -0.39 is 0 Å². The van der Waals surface area contributed by atoms with E-state index in [4.69, 9.17) is 9.73 Å². The highest BCUT2D eigenvalue weighted by Gasteiger charge is 2.24. The average molecular weight is 529 g/mol. The van der Waals surface area contributed by atoms with Gasteiger partial charge in [0.15, 0.2) is 5.96 Å². The predicted octanol–water partition coefficient (Wildman–Crippen LogP) is 4.05. The van der Waals surface area contributed by atoms with Gasteiger partial charge in [-0.3, -0.25) is 4.90 Å². The van der Waals surface area contributed by atoms with Crippen LogP contribution in [-0.4, -0.2) is 48.6 Å². The molecule has 2 aromatic rings. The van der Waals surface area contributed by atoms with Gasteiger partial charge in [0.25, 0.3) is 0 Å². The van der Waals surface area contributed by atoms with Gasteiger partial charge in [0, 0.05) is 30.2 Å². The van der Waals surface area contributed by atoms with Crippen LogP contribution in [0.2, 0.25) is 0 Å². The Kier molecular flexibility index (Phi) is 10.7. The van der Waals surface area contributed by atoms with Gasteiger partial charge in [-0.2, -0.15) is 0 Å². The molecule has 3 rings (SSSR count). The molecule has 1 aliphatic rings. The number of ether oxygens (including phenoxy) is 1. The molecule has 0 bridgehead atoms. The first-order chi connectivity index (χ1) is 13.8. The molecule has 29 heavy (non-hydrogen) atoms. The summed E-state index contributed by atoms with van der Waals surface area (Å²) in [5, 5.41) is 9.08. The fraction of sp³-hybridized carbons (Fsp3) is 0.524. The van der Waals surface area contributed by atoms with Crippen LogP contribution in [-0.2, 0) is 6.54 Å². The number of rotatable bonds is 9. The Balaban J connectivity index is 0.00000300. The molecule has 0 aliphatic carbocycles. The molecule has 8 heteroatoms. The summed E-state index contributed by atoms with van der Waals surface area (Å²) >= 11 is 1.84. The molecule has 0 radical (unpaired) electrons. The van der Waals surface area contributed by atoms with Gasteiger partial charge >= 0.3 is 0 Å². The molecule has 2 aromatic heterocycles. The van der Waals surface area contributed by atoms with Crippen LogP contribution in [0.1, 0.15) is 43.2 Å². The molecule has 0 spiro atoms. The van der Waals surface area contributed by atoms with Crippen LogP contribution < -0.4 is 15.4 Å². The number of hydrogen-bond acceptors (Lipinski definition) is 5. The Labute approximate surface area is 195 Å². The Morgan fingerprint density at radius 2 is 2.10 bits per heavy atom. The smallest absolute Gasteiger partial charge is 0.213 e. The summed E-state index contributed by atoms with van der Waals surface area (Å²) in [6.07, 6.45) is 4.36. The minimum Gasteiger partial charge on any atom is -0.478 e. The van der Waals surface area contributed by atoms with Crippen LogP contribution in [0.15, 0.2) is 40.8 Å². The van der Waals surface area contributed by atoms with Crippen molar-refractivity contribution >= 4 is 41.3 Å². The number of likely N-dealkylation sites (tertiary alicyclic amines) is 1. The molecule has 160 valence electrons. The van der Waals surface area contributed by atoms with Crippen LogP contribution >= 0.6 is 35.3 Å². The number of pyridine rings is 1. The number of aliphatic imine (C=N–C) groups is 1. The number of nitrogens with zero attached hydrogens (tertiary/aromatic N) is 3. The highest BCUT2D eigenvalue weighted by atomic mass is 127. The lowest BCUT2D eigenvalue weighted by Crippen LogP contribution is -2.42. The number of nitrogens with one attached hydrogen (secondary N) is 2. The fourth-order valence-corrected chi connectivity index (χ4v) is 4.29. The van der Waals surface area contributed by atoms with E-state index in [1.165, 1.54) is 30.8 Å².